The summed E-state index contributed by atoms with van der Waals surface area (Å²) < 4.78 is 33.9. The summed E-state index contributed by atoms with van der Waals surface area (Å²) in [6.45, 7) is 4.18. The highest BCUT2D eigenvalue weighted by atomic mass is 31.2. The zero-order chi connectivity index (χ0) is 37.0. The van der Waals surface area contributed by atoms with Crippen molar-refractivity contribution in [3.8, 4) is 0 Å². The Morgan fingerprint density at radius 3 is 1.58 bits per heavy atom. The quantitative estimate of drug-likeness (QED) is 0.0193. The molecule has 0 bridgehead atoms. The Hall–Kier alpha value is -0.920. The molecule has 296 valence electrons. The number of hydrogen-bond acceptors (Lipinski definition) is 11. The van der Waals surface area contributed by atoms with Crippen molar-refractivity contribution < 1.29 is 58.3 Å². The molecule has 0 aromatic heterocycles. The summed E-state index contributed by atoms with van der Waals surface area (Å²) in [6, 6.07) is 0. The third-order valence-electron chi connectivity index (χ3n) is 9.14. The first-order chi connectivity index (χ1) is 24.0. The van der Waals surface area contributed by atoms with Crippen LogP contribution in [-0.2, 0) is 27.9 Å². The van der Waals surface area contributed by atoms with E-state index in [2.05, 4.69) is 26.0 Å². The van der Waals surface area contributed by atoms with Gasteiger partial charge in [-0.1, -0.05) is 122 Å². The number of phosphoric acid groups is 1. The predicted octanol–water partition coefficient (Wildman–Crippen LogP) is 6.41. The fraction of sp³-hybridized carbons (Fsp3) is 0.919. The number of unbranched alkanes of at least 4 members (excludes halogenated alkanes) is 18. The molecule has 0 aromatic rings. The monoisotopic (exact) mass is 738 g/mol. The maximum atomic E-state index is 12.7. The summed E-state index contributed by atoms with van der Waals surface area (Å²) in [6.07, 6.45) is 16.0. The van der Waals surface area contributed by atoms with E-state index >= 15 is 0 Å². The Labute approximate surface area is 301 Å². The molecule has 6 unspecified atom stereocenters. The minimum absolute atomic E-state index is 0.0770. The predicted molar refractivity (Wildman–Crippen MR) is 193 cm³/mol. The summed E-state index contributed by atoms with van der Waals surface area (Å²) in [5, 5.41) is 49.9. The number of esters is 1. The van der Waals surface area contributed by atoms with Crippen molar-refractivity contribution in [2.75, 3.05) is 19.8 Å². The lowest BCUT2D eigenvalue weighted by Gasteiger charge is -2.41. The van der Waals surface area contributed by atoms with Gasteiger partial charge in [0.05, 0.1) is 13.2 Å². The molecule has 0 aromatic carbocycles. The Morgan fingerprint density at radius 2 is 1.06 bits per heavy atom. The van der Waals surface area contributed by atoms with Crippen molar-refractivity contribution in [1.29, 1.82) is 0 Å². The van der Waals surface area contributed by atoms with Gasteiger partial charge in [-0.25, -0.2) is 4.57 Å². The van der Waals surface area contributed by atoms with Gasteiger partial charge in [-0.05, 0) is 38.5 Å². The SMILES string of the molecule is CCCCCCC/C=C\CCCCCCCCOCC(COP(=O)(O)OC1C(O)C(O)C(O)C(O)C1O)OC(=O)CCCCCCCCCC. The lowest BCUT2D eigenvalue weighted by molar-refractivity contribution is -0.220. The number of aliphatic hydroxyl groups excluding tert-OH is 5. The topological polar surface area (TPSA) is 192 Å². The van der Waals surface area contributed by atoms with E-state index < -0.39 is 63.1 Å². The molecule has 0 saturated heterocycles. The van der Waals surface area contributed by atoms with Crippen molar-refractivity contribution in [2.45, 2.75) is 198 Å². The first-order valence-corrected chi connectivity index (χ1v) is 21.0. The largest absolute Gasteiger partial charge is 0.472 e. The van der Waals surface area contributed by atoms with Gasteiger partial charge in [0.25, 0.3) is 0 Å². The van der Waals surface area contributed by atoms with Gasteiger partial charge >= 0.3 is 13.8 Å². The Kier molecular flexibility index (Phi) is 27.8. The molecule has 0 spiro atoms. The van der Waals surface area contributed by atoms with E-state index in [1.807, 2.05) is 0 Å². The van der Waals surface area contributed by atoms with Crippen LogP contribution in [0.5, 0.6) is 0 Å². The molecule has 0 radical (unpaired) electrons. The van der Waals surface area contributed by atoms with Gasteiger partial charge in [0.2, 0.25) is 0 Å². The molecule has 1 saturated carbocycles. The van der Waals surface area contributed by atoms with E-state index in [-0.39, 0.29) is 13.0 Å². The number of allylic oxidation sites excluding steroid dienone is 2. The molecule has 1 fully saturated rings. The smallest absolute Gasteiger partial charge is 0.457 e. The highest BCUT2D eigenvalue weighted by molar-refractivity contribution is 7.47. The number of ether oxygens (including phenoxy) is 2. The Bertz CT molecular complexity index is 890. The van der Waals surface area contributed by atoms with Crippen molar-refractivity contribution >= 4 is 13.8 Å². The summed E-state index contributed by atoms with van der Waals surface area (Å²) in [7, 11) is -5.00. The standard InChI is InChI=1S/C37H71O12P/c1-3-5-7-9-11-13-14-15-16-17-18-19-21-23-25-27-46-28-30(48-31(38)26-24-22-20-12-10-8-6-4-2)29-47-50(44,45)49-37-35(42)33(40)32(39)34(41)36(37)43/h14-15,30,32-37,39-43H,3-13,16-29H2,1-2H3,(H,44,45)/b15-14-. The average Bonchev–Trinajstić information content (AvgIpc) is 3.09. The van der Waals surface area contributed by atoms with Crippen molar-refractivity contribution in [3.63, 3.8) is 0 Å². The lowest BCUT2D eigenvalue weighted by Crippen LogP contribution is -2.64. The summed E-state index contributed by atoms with van der Waals surface area (Å²) in [5.74, 6) is -0.484. The fourth-order valence-electron chi connectivity index (χ4n) is 5.94. The molecule has 13 heteroatoms. The van der Waals surface area contributed by atoms with E-state index in [0.717, 1.165) is 51.4 Å². The van der Waals surface area contributed by atoms with Crippen LogP contribution in [0, 0.1) is 0 Å². The van der Waals surface area contributed by atoms with Gasteiger partial charge in [-0.2, -0.15) is 0 Å². The Morgan fingerprint density at radius 1 is 0.620 bits per heavy atom. The van der Waals surface area contributed by atoms with Crippen LogP contribution in [0.2, 0.25) is 0 Å². The van der Waals surface area contributed by atoms with E-state index in [1.54, 1.807) is 0 Å². The third kappa shape index (κ3) is 22.2. The van der Waals surface area contributed by atoms with Crippen LogP contribution in [0.1, 0.15) is 155 Å². The molecule has 0 heterocycles. The van der Waals surface area contributed by atoms with E-state index in [1.165, 1.54) is 77.0 Å². The van der Waals surface area contributed by atoms with E-state index in [0.29, 0.717) is 13.0 Å². The maximum absolute atomic E-state index is 12.7. The minimum atomic E-state index is -5.00. The van der Waals surface area contributed by atoms with Gasteiger partial charge in [-0.15, -0.1) is 0 Å². The highest BCUT2D eigenvalue weighted by Gasteiger charge is 2.51. The van der Waals surface area contributed by atoms with E-state index in [9.17, 15) is 39.8 Å². The second-order valence-corrected chi connectivity index (χ2v) is 15.2. The second kappa shape index (κ2) is 29.5. The van der Waals surface area contributed by atoms with Crippen molar-refractivity contribution in [1.82, 2.24) is 0 Å². The van der Waals surface area contributed by atoms with E-state index in [4.69, 9.17) is 18.5 Å². The molecule has 50 heavy (non-hydrogen) atoms. The Balaban J connectivity index is 2.44. The molecule has 12 nitrogen and oxygen atoms in total. The van der Waals surface area contributed by atoms with Crippen LogP contribution in [0.25, 0.3) is 0 Å². The van der Waals surface area contributed by atoms with Gasteiger partial charge in [0.1, 0.15) is 42.7 Å². The van der Waals surface area contributed by atoms with Crippen molar-refractivity contribution in [3.05, 3.63) is 12.2 Å². The first-order valence-electron chi connectivity index (χ1n) is 19.5. The first kappa shape index (κ1) is 47.1. The molecule has 0 amide bonds. The molecule has 0 aliphatic heterocycles. The maximum Gasteiger partial charge on any atom is 0.472 e. The summed E-state index contributed by atoms with van der Waals surface area (Å²) >= 11 is 0. The van der Waals surface area contributed by atoms with Crippen LogP contribution in [0.3, 0.4) is 0 Å². The molecule has 1 aliphatic rings. The van der Waals surface area contributed by atoms with Gasteiger partial charge < -0.3 is 39.9 Å². The average molecular weight is 739 g/mol. The van der Waals surface area contributed by atoms with Gasteiger partial charge in [0, 0.05) is 13.0 Å². The van der Waals surface area contributed by atoms with Gasteiger partial charge in [0.15, 0.2) is 0 Å². The zero-order valence-corrected chi connectivity index (χ0v) is 31.8. The molecule has 1 aliphatic carbocycles. The van der Waals surface area contributed by atoms with Crippen molar-refractivity contribution in [2.24, 2.45) is 0 Å². The molecular weight excluding hydrogens is 667 g/mol. The molecular formula is C37H71O12P. The van der Waals surface area contributed by atoms with Gasteiger partial charge in [-0.3, -0.25) is 13.8 Å². The number of rotatable bonds is 32. The van der Waals surface area contributed by atoms with Crippen LogP contribution in [-0.4, -0.2) is 98.9 Å². The number of carbonyl (C=O) groups excluding carboxylic acids is 1. The lowest BCUT2D eigenvalue weighted by atomic mass is 9.85. The third-order valence-corrected chi connectivity index (χ3v) is 10.1. The number of hydrogen-bond donors (Lipinski definition) is 6. The number of phosphoric ester groups is 1. The molecule has 6 N–H and O–H groups in total. The van der Waals surface area contributed by atoms with Crippen LogP contribution in [0.4, 0.5) is 0 Å². The molecule has 6 atom stereocenters. The zero-order valence-electron chi connectivity index (χ0n) is 31.0. The van der Waals surface area contributed by atoms with Crippen LogP contribution < -0.4 is 0 Å². The van der Waals surface area contributed by atoms with Crippen LogP contribution >= 0.6 is 7.82 Å². The van der Waals surface area contributed by atoms with Crippen LogP contribution in [0.15, 0.2) is 12.2 Å². The highest BCUT2D eigenvalue weighted by Crippen LogP contribution is 2.47. The summed E-state index contributed by atoms with van der Waals surface area (Å²) in [4.78, 5) is 22.9. The summed E-state index contributed by atoms with van der Waals surface area (Å²) in [5.41, 5.74) is 0. The number of aliphatic hydroxyl groups is 5. The fourth-order valence-corrected chi connectivity index (χ4v) is 6.91. The minimum Gasteiger partial charge on any atom is -0.457 e. The second-order valence-electron chi connectivity index (χ2n) is 13.8. The number of carbonyl (C=O) groups is 1. The normalized spacial score (nSPS) is 24.4. The molecule has 1 rings (SSSR count).